The van der Waals surface area contributed by atoms with Crippen molar-refractivity contribution in [2.45, 2.75) is 6.54 Å². The molecule has 98 valence electrons. The van der Waals surface area contributed by atoms with E-state index < -0.39 is 0 Å². The summed E-state index contributed by atoms with van der Waals surface area (Å²) in [4.78, 5) is 0. The maximum atomic E-state index is 5.72. The Morgan fingerprint density at radius 1 is 0.550 bits per heavy atom. The number of nitrogens with two attached hydrogens (primary N) is 1. The zero-order valence-electron chi connectivity index (χ0n) is 11.3. The van der Waals surface area contributed by atoms with E-state index in [4.69, 9.17) is 5.73 Å². The van der Waals surface area contributed by atoms with Crippen molar-refractivity contribution in [1.29, 1.82) is 0 Å². The van der Waals surface area contributed by atoms with Gasteiger partial charge in [0.25, 0.3) is 0 Å². The highest BCUT2D eigenvalue weighted by Gasteiger charge is 2.02. The molecule has 3 rings (SSSR count). The van der Waals surface area contributed by atoms with Gasteiger partial charge in [0.15, 0.2) is 0 Å². The highest BCUT2D eigenvalue weighted by Crippen LogP contribution is 2.26. The molecule has 0 aromatic heterocycles. The highest BCUT2D eigenvalue weighted by atomic mass is 14.5. The number of hydrogen-bond acceptors (Lipinski definition) is 1. The van der Waals surface area contributed by atoms with Crippen molar-refractivity contribution in [2.24, 2.45) is 5.73 Å². The Hall–Kier alpha value is -2.38. The SMILES string of the molecule is NCc1cccc(-c2cccc(-c3ccccc3)c2)c1. The van der Waals surface area contributed by atoms with Crippen molar-refractivity contribution in [2.75, 3.05) is 0 Å². The van der Waals surface area contributed by atoms with Crippen LogP contribution in [0, 0.1) is 0 Å². The molecule has 0 saturated heterocycles. The molecule has 0 unspecified atom stereocenters. The van der Waals surface area contributed by atoms with Crippen LogP contribution in [-0.4, -0.2) is 0 Å². The van der Waals surface area contributed by atoms with E-state index in [9.17, 15) is 0 Å². The highest BCUT2D eigenvalue weighted by molar-refractivity contribution is 5.73. The molecule has 0 spiro atoms. The fraction of sp³-hybridized carbons (Fsp3) is 0.0526. The fourth-order valence-electron chi connectivity index (χ4n) is 2.39. The van der Waals surface area contributed by atoms with Crippen LogP contribution >= 0.6 is 0 Å². The summed E-state index contributed by atoms with van der Waals surface area (Å²) in [5, 5.41) is 0. The van der Waals surface area contributed by atoms with Gasteiger partial charge in [-0.15, -0.1) is 0 Å². The maximum Gasteiger partial charge on any atom is 0.0178 e. The first kappa shape index (κ1) is 12.6. The van der Waals surface area contributed by atoms with Crippen LogP contribution in [0.3, 0.4) is 0 Å². The van der Waals surface area contributed by atoms with Crippen LogP contribution in [0.1, 0.15) is 5.56 Å². The van der Waals surface area contributed by atoms with Gasteiger partial charge in [-0.3, -0.25) is 0 Å². The summed E-state index contributed by atoms with van der Waals surface area (Å²) >= 11 is 0. The molecule has 1 heteroatoms. The van der Waals surface area contributed by atoms with Gasteiger partial charge in [-0.2, -0.15) is 0 Å². The van der Waals surface area contributed by atoms with Crippen LogP contribution < -0.4 is 5.73 Å². The topological polar surface area (TPSA) is 26.0 Å². The van der Waals surface area contributed by atoms with Crippen molar-refractivity contribution in [3.05, 3.63) is 84.4 Å². The van der Waals surface area contributed by atoms with E-state index >= 15 is 0 Å². The third kappa shape index (κ3) is 2.63. The molecule has 3 aromatic rings. The van der Waals surface area contributed by atoms with Crippen LogP contribution in [0.4, 0.5) is 0 Å². The van der Waals surface area contributed by atoms with Crippen molar-refractivity contribution < 1.29 is 0 Å². The van der Waals surface area contributed by atoms with Crippen molar-refractivity contribution in [3.8, 4) is 22.3 Å². The molecule has 0 amide bonds. The van der Waals surface area contributed by atoms with E-state index in [1.54, 1.807) is 0 Å². The third-order valence-electron chi connectivity index (χ3n) is 3.47. The van der Waals surface area contributed by atoms with E-state index in [1.807, 2.05) is 6.07 Å². The summed E-state index contributed by atoms with van der Waals surface area (Å²) < 4.78 is 0. The number of hydrogen-bond donors (Lipinski definition) is 1. The van der Waals surface area contributed by atoms with Crippen molar-refractivity contribution in [1.82, 2.24) is 0 Å². The van der Waals surface area contributed by atoms with Gasteiger partial charge in [0.05, 0.1) is 0 Å². The van der Waals surface area contributed by atoms with Gasteiger partial charge in [0.2, 0.25) is 0 Å². The summed E-state index contributed by atoms with van der Waals surface area (Å²) in [6.07, 6.45) is 0. The lowest BCUT2D eigenvalue weighted by atomic mass is 9.98. The molecule has 0 heterocycles. The molecule has 0 atom stereocenters. The zero-order chi connectivity index (χ0) is 13.8. The molecule has 3 aromatic carbocycles. The Morgan fingerprint density at radius 3 is 1.80 bits per heavy atom. The normalized spacial score (nSPS) is 10.4. The predicted molar refractivity (Wildman–Crippen MR) is 85.2 cm³/mol. The molecule has 0 radical (unpaired) electrons. The van der Waals surface area contributed by atoms with E-state index in [2.05, 4.69) is 72.8 Å². The first-order chi connectivity index (χ1) is 9.86. The van der Waals surface area contributed by atoms with Crippen LogP contribution in [0.25, 0.3) is 22.3 Å². The minimum atomic E-state index is 0.576. The van der Waals surface area contributed by atoms with Crippen LogP contribution in [0.2, 0.25) is 0 Å². The van der Waals surface area contributed by atoms with Gasteiger partial charge >= 0.3 is 0 Å². The summed E-state index contributed by atoms with van der Waals surface area (Å²) in [5.41, 5.74) is 11.8. The maximum absolute atomic E-state index is 5.72. The summed E-state index contributed by atoms with van der Waals surface area (Å²) in [5.74, 6) is 0. The van der Waals surface area contributed by atoms with Gasteiger partial charge in [0.1, 0.15) is 0 Å². The zero-order valence-corrected chi connectivity index (χ0v) is 11.3. The second kappa shape index (κ2) is 5.72. The second-order valence-electron chi connectivity index (χ2n) is 4.85. The lowest BCUT2D eigenvalue weighted by Gasteiger charge is -2.07. The van der Waals surface area contributed by atoms with Gasteiger partial charge in [-0.1, -0.05) is 66.7 Å². The average molecular weight is 259 g/mol. The fourth-order valence-corrected chi connectivity index (χ4v) is 2.39. The number of benzene rings is 3. The summed E-state index contributed by atoms with van der Waals surface area (Å²) in [6, 6.07) is 27.5. The van der Waals surface area contributed by atoms with E-state index in [0.717, 1.165) is 5.56 Å². The lowest BCUT2D eigenvalue weighted by Crippen LogP contribution is -1.95. The van der Waals surface area contributed by atoms with Crippen molar-refractivity contribution in [3.63, 3.8) is 0 Å². The van der Waals surface area contributed by atoms with Crippen LogP contribution in [0.5, 0.6) is 0 Å². The van der Waals surface area contributed by atoms with Gasteiger partial charge in [-0.05, 0) is 39.9 Å². The summed E-state index contributed by atoms with van der Waals surface area (Å²) in [6.45, 7) is 0.576. The molecule has 0 bridgehead atoms. The number of rotatable bonds is 3. The van der Waals surface area contributed by atoms with Crippen LogP contribution in [0.15, 0.2) is 78.9 Å². The van der Waals surface area contributed by atoms with Crippen LogP contribution in [-0.2, 0) is 6.54 Å². The largest absolute Gasteiger partial charge is 0.326 e. The average Bonchev–Trinajstić information content (AvgIpc) is 2.56. The molecule has 0 aliphatic rings. The summed E-state index contributed by atoms with van der Waals surface area (Å²) in [7, 11) is 0. The molecule has 0 fully saturated rings. The quantitative estimate of drug-likeness (QED) is 0.737. The standard InChI is InChI=1S/C19H17N/c20-14-15-6-4-9-17(12-15)19-11-5-10-18(13-19)16-7-2-1-3-8-16/h1-13H,14,20H2. The molecule has 20 heavy (non-hydrogen) atoms. The molecule has 0 aliphatic carbocycles. The van der Waals surface area contributed by atoms with E-state index in [0.29, 0.717) is 6.54 Å². The Balaban J connectivity index is 2.03. The molecular formula is C19H17N. The Bertz CT molecular complexity index is 702. The molecule has 2 N–H and O–H groups in total. The Labute approximate surface area is 119 Å². The molecule has 1 nitrogen and oxygen atoms in total. The van der Waals surface area contributed by atoms with E-state index in [1.165, 1.54) is 22.3 Å². The minimum absolute atomic E-state index is 0.576. The van der Waals surface area contributed by atoms with Gasteiger partial charge < -0.3 is 5.73 Å². The first-order valence-corrected chi connectivity index (χ1v) is 6.82. The minimum Gasteiger partial charge on any atom is -0.326 e. The lowest BCUT2D eigenvalue weighted by molar-refractivity contribution is 1.07. The first-order valence-electron chi connectivity index (χ1n) is 6.82. The van der Waals surface area contributed by atoms with E-state index in [-0.39, 0.29) is 0 Å². The predicted octanol–water partition coefficient (Wildman–Crippen LogP) is 4.48. The van der Waals surface area contributed by atoms with Gasteiger partial charge in [0, 0.05) is 6.54 Å². The third-order valence-corrected chi connectivity index (χ3v) is 3.47. The molecule has 0 aliphatic heterocycles. The second-order valence-corrected chi connectivity index (χ2v) is 4.85. The van der Waals surface area contributed by atoms with Gasteiger partial charge in [-0.25, -0.2) is 0 Å². The Morgan fingerprint density at radius 2 is 1.10 bits per heavy atom. The van der Waals surface area contributed by atoms with Crippen molar-refractivity contribution >= 4 is 0 Å². The molecule has 0 saturated carbocycles. The Kier molecular flexibility index (Phi) is 3.62. The smallest absolute Gasteiger partial charge is 0.0178 e. The monoisotopic (exact) mass is 259 g/mol. The molecular weight excluding hydrogens is 242 g/mol.